The van der Waals surface area contributed by atoms with Gasteiger partial charge in [-0.2, -0.15) is 18.3 Å². The lowest BCUT2D eigenvalue weighted by Crippen LogP contribution is -2.21. The molecular formula is C19H11BrClF3N4O2. The largest absolute Gasteiger partial charge is 0.460 e. The number of ether oxygens (including phenoxy) is 1. The van der Waals surface area contributed by atoms with Gasteiger partial charge in [-0.15, -0.1) is 0 Å². The van der Waals surface area contributed by atoms with E-state index in [-0.39, 0.29) is 22.4 Å². The quantitative estimate of drug-likeness (QED) is 0.455. The molecule has 1 aromatic carbocycles. The van der Waals surface area contributed by atoms with E-state index in [1.54, 1.807) is 19.1 Å². The highest BCUT2D eigenvalue weighted by atomic mass is 79.9. The Hall–Kier alpha value is -2.72. The van der Waals surface area contributed by atoms with Gasteiger partial charge in [0.2, 0.25) is 5.90 Å². The Morgan fingerprint density at radius 2 is 2.07 bits per heavy atom. The number of benzene rings is 1. The molecule has 0 spiro atoms. The van der Waals surface area contributed by atoms with Crippen molar-refractivity contribution in [3.8, 4) is 5.82 Å². The summed E-state index contributed by atoms with van der Waals surface area (Å²) >= 11 is 9.48. The summed E-state index contributed by atoms with van der Waals surface area (Å²) in [7, 11) is 0. The molecule has 0 fully saturated rings. The third-order valence-electron chi connectivity index (χ3n) is 4.34. The topological polar surface area (TPSA) is 69.4 Å². The average molecular weight is 500 g/mol. The lowest BCUT2D eigenvalue weighted by atomic mass is 10.0. The summed E-state index contributed by atoms with van der Waals surface area (Å²) in [4.78, 5) is 20.1. The number of pyridine rings is 1. The van der Waals surface area contributed by atoms with Crippen molar-refractivity contribution in [2.45, 2.75) is 19.2 Å². The predicted molar refractivity (Wildman–Crippen MR) is 106 cm³/mol. The first kappa shape index (κ1) is 20.5. The van der Waals surface area contributed by atoms with Gasteiger partial charge in [-0.3, -0.25) is 4.79 Å². The number of alkyl halides is 3. The lowest BCUT2D eigenvalue weighted by molar-refractivity contribution is -0.141. The van der Waals surface area contributed by atoms with Gasteiger partial charge in [-0.05, 0) is 36.8 Å². The molecule has 1 aliphatic rings. The monoisotopic (exact) mass is 498 g/mol. The first-order chi connectivity index (χ1) is 14.2. The molecule has 4 rings (SSSR count). The van der Waals surface area contributed by atoms with Crippen LogP contribution < -0.4 is 0 Å². The van der Waals surface area contributed by atoms with Crippen molar-refractivity contribution < 1.29 is 22.7 Å². The minimum absolute atomic E-state index is 0.0306. The van der Waals surface area contributed by atoms with Crippen molar-refractivity contribution in [1.82, 2.24) is 14.8 Å². The van der Waals surface area contributed by atoms with Gasteiger partial charge in [0.25, 0.3) is 0 Å². The number of aldehydes is 1. The van der Waals surface area contributed by atoms with Crippen LogP contribution in [0.4, 0.5) is 18.9 Å². The molecule has 6 nitrogen and oxygen atoms in total. The zero-order valence-electron chi connectivity index (χ0n) is 15.1. The van der Waals surface area contributed by atoms with Crippen LogP contribution in [0.1, 0.15) is 28.6 Å². The predicted octanol–water partition coefficient (Wildman–Crippen LogP) is 5.36. The third kappa shape index (κ3) is 3.61. The fourth-order valence-electron chi connectivity index (χ4n) is 3.03. The van der Waals surface area contributed by atoms with Crippen molar-refractivity contribution >= 4 is 45.4 Å². The van der Waals surface area contributed by atoms with E-state index in [1.165, 1.54) is 18.3 Å². The molecule has 11 heteroatoms. The molecule has 0 radical (unpaired) electrons. The van der Waals surface area contributed by atoms with Crippen molar-refractivity contribution in [1.29, 1.82) is 0 Å². The standard InChI is InChI=1S/C19H11BrClF3N4O2/c1-9-5-10(20)6-11-14(8-29)30-18(26-16(9)11)13-7-15(19(22,23)24)27-28(13)17-12(21)3-2-4-25-17/h2-8,14H,1H3. The Bertz CT molecular complexity index is 1190. The highest BCUT2D eigenvalue weighted by Crippen LogP contribution is 2.39. The van der Waals surface area contributed by atoms with Crippen LogP contribution in [0.3, 0.4) is 0 Å². The van der Waals surface area contributed by atoms with Crippen LogP contribution in [0.5, 0.6) is 0 Å². The van der Waals surface area contributed by atoms with Gasteiger partial charge in [0.05, 0.1) is 10.7 Å². The number of hydrogen-bond donors (Lipinski definition) is 0. The van der Waals surface area contributed by atoms with Crippen molar-refractivity contribution in [3.63, 3.8) is 0 Å². The maximum atomic E-state index is 13.4. The van der Waals surface area contributed by atoms with Gasteiger partial charge in [0.15, 0.2) is 23.9 Å². The molecule has 0 saturated heterocycles. The van der Waals surface area contributed by atoms with Crippen LogP contribution >= 0.6 is 27.5 Å². The number of fused-ring (bicyclic) bond motifs is 1. The molecule has 154 valence electrons. The highest BCUT2D eigenvalue weighted by molar-refractivity contribution is 9.10. The summed E-state index contributed by atoms with van der Waals surface area (Å²) in [5.74, 6) is -0.230. The summed E-state index contributed by atoms with van der Waals surface area (Å²) in [6, 6.07) is 7.24. The number of nitrogens with zero attached hydrogens (tertiary/aromatic N) is 4. The van der Waals surface area contributed by atoms with Crippen LogP contribution in [-0.4, -0.2) is 26.9 Å². The number of hydrogen-bond acceptors (Lipinski definition) is 5. The first-order valence-corrected chi connectivity index (χ1v) is 9.65. The van der Waals surface area contributed by atoms with Crippen LogP contribution in [-0.2, 0) is 15.7 Å². The van der Waals surface area contributed by atoms with E-state index in [1.807, 2.05) is 0 Å². The van der Waals surface area contributed by atoms with Crippen LogP contribution in [0.2, 0.25) is 5.02 Å². The molecule has 0 aliphatic carbocycles. The zero-order chi connectivity index (χ0) is 21.6. The smallest absolute Gasteiger partial charge is 0.435 e. The van der Waals surface area contributed by atoms with Gasteiger partial charge in [-0.25, -0.2) is 14.7 Å². The summed E-state index contributed by atoms with van der Waals surface area (Å²) in [5.41, 5.74) is 0.336. The summed E-state index contributed by atoms with van der Waals surface area (Å²) in [6.45, 7) is 1.77. The van der Waals surface area contributed by atoms with Crippen molar-refractivity contribution in [3.05, 3.63) is 68.5 Å². The van der Waals surface area contributed by atoms with Crippen LogP contribution in [0.15, 0.2) is 46.0 Å². The number of carbonyl (C=O) groups is 1. The molecule has 0 N–H and O–H groups in total. The van der Waals surface area contributed by atoms with E-state index < -0.39 is 18.0 Å². The van der Waals surface area contributed by atoms with Crippen molar-refractivity contribution in [2.24, 2.45) is 4.99 Å². The van der Waals surface area contributed by atoms with Gasteiger partial charge >= 0.3 is 6.18 Å². The molecule has 0 amide bonds. The number of aromatic nitrogens is 3. The number of aryl methyl sites for hydroxylation is 1. The normalized spacial score (nSPS) is 15.9. The highest BCUT2D eigenvalue weighted by Gasteiger charge is 2.37. The maximum absolute atomic E-state index is 13.4. The molecule has 30 heavy (non-hydrogen) atoms. The van der Waals surface area contributed by atoms with Crippen LogP contribution in [0.25, 0.3) is 5.82 Å². The second kappa shape index (κ2) is 7.51. The van der Waals surface area contributed by atoms with E-state index >= 15 is 0 Å². The molecule has 3 heterocycles. The van der Waals surface area contributed by atoms with Gasteiger partial charge < -0.3 is 4.74 Å². The second-order valence-electron chi connectivity index (χ2n) is 6.39. The fraction of sp³-hybridized carbons (Fsp3) is 0.158. The molecular weight excluding hydrogens is 489 g/mol. The second-order valence-corrected chi connectivity index (χ2v) is 7.71. The minimum Gasteiger partial charge on any atom is -0.460 e. The Balaban J connectivity index is 1.96. The molecule has 3 aromatic rings. The fourth-order valence-corrected chi connectivity index (χ4v) is 3.82. The Morgan fingerprint density at radius 1 is 1.30 bits per heavy atom. The van der Waals surface area contributed by atoms with Crippen molar-refractivity contribution in [2.75, 3.05) is 0 Å². The van der Waals surface area contributed by atoms with Crippen LogP contribution in [0, 0.1) is 6.92 Å². The van der Waals surface area contributed by atoms with E-state index in [2.05, 4.69) is 31.0 Å². The number of rotatable bonds is 3. The van der Waals surface area contributed by atoms with E-state index in [9.17, 15) is 18.0 Å². The number of aliphatic imine (C=N–C) groups is 1. The van der Waals surface area contributed by atoms with E-state index in [0.29, 0.717) is 23.1 Å². The van der Waals surface area contributed by atoms with Gasteiger partial charge in [0, 0.05) is 22.3 Å². The molecule has 1 unspecified atom stereocenters. The van der Waals surface area contributed by atoms with E-state index in [4.69, 9.17) is 16.3 Å². The average Bonchev–Trinajstić information content (AvgIpc) is 3.13. The SMILES string of the molecule is Cc1cc(Br)cc2c1N=C(c1cc(C(F)(F)F)nn1-c1ncccc1Cl)OC2C=O. The molecule has 2 aromatic heterocycles. The zero-order valence-corrected chi connectivity index (χ0v) is 17.5. The van der Waals surface area contributed by atoms with E-state index in [0.717, 1.165) is 15.2 Å². The molecule has 0 bridgehead atoms. The maximum Gasteiger partial charge on any atom is 0.435 e. The summed E-state index contributed by atoms with van der Waals surface area (Å²) in [6.07, 6.45) is -3.85. The minimum atomic E-state index is -4.72. The summed E-state index contributed by atoms with van der Waals surface area (Å²) < 4.78 is 47.4. The molecule has 0 saturated carbocycles. The van der Waals surface area contributed by atoms with Gasteiger partial charge in [0.1, 0.15) is 5.69 Å². The first-order valence-electron chi connectivity index (χ1n) is 8.48. The lowest BCUT2D eigenvalue weighted by Gasteiger charge is -2.24. The Labute approximate surface area is 181 Å². The Kier molecular flexibility index (Phi) is 5.15. The molecule has 1 aliphatic heterocycles. The molecule has 1 atom stereocenters. The summed E-state index contributed by atoms with van der Waals surface area (Å²) in [5, 5.41) is 3.70. The van der Waals surface area contributed by atoms with Gasteiger partial charge in [-0.1, -0.05) is 27.5 Å². The number of halogens is 5. The third-order valence-corrected chi connectivity index (χ3v) is 5.09. The number of carbonyl (C=O) groups excluding carboxylic acids is 1. The Morgan fingerprint density at radius 3 is 2.73 bits per heavy atom.